The molecule has 11 nitrogen and oxygen atoms in total. The van der Waals surface area contributed by atoms with Crippen LogP contribution in [0, 0.1) is 10.8 Å². The summed E-state index contributed by atoms with van der Waals surface area (Å²) in [7, 11) is 0. The molecular weight excluding hydrogens is 496 g/mol. The van der Waals surface area contributed by atoms with E-state index in [1.807, 2.05) is 0 Å². The van der Waals surface area contributed by atoms with Crippen molar-refractivity contribution in [1.82, 2.24) is 0 Å². The first-order valence-electron chi connectivity index (χ1n) is 11.0. The highest BCUT2D eigenvalue weighted by atomic mass is 35.5. The lowest BCUT2D eigenvalue weighted by atomic mass is 9.53. The van der Waals surface area contributed by atoms with Crippen LogP contribution in [0.1, 0.15) is 38.7 Å². The van der Waals surface area contributed by atoms with Crippen molar-refractivity contribution in [1.29, 1.82) is 0 Å². The molecule has 4 unspecified atom stereocenters. The van der Waals surface area contributed by atoms with Gasteiger partial charge in [0.15, 0.2) is 0 Å². The van der Waals surface area contributed by atoms with E-state index >= 15 is 0 Å². The first-order valence-corrected chi connectivity index (χ1v) is 11.4. The summed E-state index contributed by atoms with van der Waals surface area (Å²) in [5.74, 6) is -5.71. The van der Waals surface area contributed by atoms with E-state index in [2.05, 4.69) is 4.99 Å². The minimum Gasteiger partial charge on any atom is -0.481 e. The van der Waals surface area contributed by atoms with Crippen LogP contribution in [0.25, 0.3) is 0 Å². The molecular formula is C24H31ClN2O9. The summed E-state index contributed by atoms with van der Waals surface area (Å²) < 4.78 is 5.55. The lowest BCUT2D eigenvalue weighted by molar-refractivity contribution is -0.161. The topological polar surface area (TPSA) is 197 Å². The lowest BCUT2D eigenvalue weighted by Gasteiger charge is -2.51. The predicted octanol–water partition coefficient (Wildman–Crippen LogP) is 2.53. The number of aliphatic imine (C=N–C) groups is 1. The normalized spacial score (nSPS) is 25.4. The van der Waals surface area contributed by atoms with Crippen LogP contribution in [0.2, 0.25) is 5.02 Å². The summed E-state index contributed by atoms with van der Waals surface area (Å²) >= 11 is 6.43. The Kier molecular flexibility index (Phi) is 11.2. The Morgan fingerprint density at radius 1 is 1.08 bits per heavy atom. The van der Waals surface area contributed by atoms with E-state index in [1.54, 1.807) is 38.1 Å². The van der Waals surface area contributed by atoms with E-state index < -0.39 is 46.7 Å². The second-order valence-electron chi connectivity index (χ2n) is 8.26. The molecule has 1 heterocycles. The SMILES string of the molecule is CCC1(C(=O)O)C(COCCN)N=C(C)C(C)(C(=O)O)C1c1ccccc1Cl.O=C(O)/C=C/C(=O)O. The predicted molar refractivity (Wildman–Crippen MR) is 131 cm³/mol. The highest BCUT2D eigenvalue weighted by Gasteiger charge is 2.64. The number of aliphatic carboxylic acids is 4. The average Bonchev–Trinajstić information content (AvgIpc) is 2.80. The molecule has 6 N–H and O–H groups in total. The largest absolute Gasteiger partial charge is 0.481 e. The molecule has 2 rings (SSSR count). The van der Waals surface area contributed by atoms with Gasteiger partial charge in [-0.3, -0.25) is 14.6 Å². The number of rotatable bonds is 10. The van der Waals surface area contributed by atoms with Crippen LogP contribution < -0.4 is 5.73 Å². The molecule has 1 aliphatic heterocycles. The van der Waals surface area contributed by atoms with Crippen molar-refractivity contribution in [3.8, 4) is 0 Å². The molecule has 36 heavy (non-hydrogen) atoms. The van der Waals surface area contributed by atoms with Crippen LogP contribution in [0.15, 0.2) is 41.4 Å². The molecule has 1 aromatic rings. The van der Waals surface area contributed by atoms with Gasteiger partial charge in [-0.1, -0.05) is 36.7 Å². The summed E-state index contributed by atoms with van der Waals surface area (Å²) in [5.41, 5.74) is 3.26. The number of hydrogen-bond donors (Lipinski definition) is 5. The molecule has 12 heteroatoms. The molecule has 0 saturated heterocycles. The van der Waals surface area contributed by atoms with E-state index in [4.69, 9.17) is 32.3 Å². The molecule has 0 fully saturated rings. The minimum atomic E-state index is -1.54. The number of nitrogens with zero attached hydrogens (tertiary/aromatic N) is 1. The second kappa shape index (κ2) is 13.1. The summed E-state index contributed by atoms with van der Waals surface area (Å²) in [6, 6.07) is 6.02. The Labute approximate surface area is 213 Å². The van der Waals surface area contributed by atoms with Crippen molar-refractivity contribution in [3.05, 3.63) is 47.0 Å². The maximum atomic E-state index is 12.7. The van der Waals surface area contributed by atoms with Crippen LogP contribution in [0.3, 0.4) is 0 Å². The lowest BCUT2D eigenvalue weighted by Crippen LogP contribution is -2.60. The molecule has 0 saturated carbocycles. The maximum Gasteiger partial charge on any atom is 0.328 e. The second-order valence-corrected chi connectivity index (χ2v) is 8.67. The highest BCUT2D eigenvalue weighted by Crippen LogP contribution is 2.57. The van der Waals surface area contributed by atoms with Crippen molar-refractivity contribution in [2.24, 2.45) is 21.6 Å². The number of nitrogens with two attached hydrogens (primary N) is 1. The van der Waals surface area contributed by atoms with Gasteiger partial charge in [0.2, 0.25) is 0 Å². The van der Waals surface area contributed by atoms with Gasteiger partial charge in [-0.2, -0.15) is 0 Å². The number of carboxylic acid groups (broad SMARTS) is 4. The molecule has 0 bridgehead atoms. The third-order valence-corrected chi connectivity index (χ3v) is 6.68. The number of ether oxygens (including phenoxy) is 1. The Morgan fingerprint density at radius 3 is 2.06 bits per heavy atom. The quantitative estimate of drug-likeness (QED) is 0.223. The van der Waals surface area contributed by atoms with E-state index in [0.29, 0.717) is 35.0 Å². The van der Waals surface area contributed by atoms with Gasteiger partial charge in [-0.25, -0.2) is 9.59 Å². The fourth-order valence-electron chi connectivity index (χ4n) is 4.44. The van der Waals surface area contributed by atoms with Gasteiger partial charge in [0.1, 0.15) is 10.8 Å². The highest BCUT2D eigenvalue weighted by molar-refractivity contribution is 6.31. The maximum absolute atomic E-state index is 12.7. The molecule has 0 aromatic heterocycles. The van der Waals surface area contributed by atoms with Gasteiger partial charge >= 0.3 is 23.9 Å². The van der Waals surface area contributed by atoms with Crippen molar-refractivity contribution >= 4 is 41.2 Å². The summed E-state index contributed by atoms with van der Waals surface area (Å²) in [6.45, 7) is 5.46. The van der Waals surface area contributed by atoms with E-state index in [1.165, 1.54) is 6.92 Å². The van der Waals surface area contributed by atoms with E-state index in [-0.39, 0.29) is 19.6 Å². The number of carbonyl (C=O) groups is 4. The third kappa shape index (κ3) is 6.48. The van der Waals surface area contributed by atoms with E-state index in [9.17, 15) is 29.4 Å². The zero-order chi connectivity index (χ0) is 27.7. The van der Waals surface area contributed by atoms with Crippen LogP contribution in [-0.2, 0) is 23.9 Å². The Hall–Kier alpha value is -3.28. The summed E-state index contributed by atoms with van der Waals surface area (Å²) in [5, 5.41) is 36.4. The van der Waals surface area contributed by atoms with Crippen LogP contribution in [-0.4, -0.2) is 75.8 Å². The molecule has 1 aliphatic rings. The van der Waals surface area contributed by atoms with Gasteiger partial charge in [0, 0.05) is 35.3 Å². The van der Waals surface area contributed by atoms with Crippen molar-refractivity contribution in [3.63, 3.8) is 0 Å². The van der Waals surface area contributed by atoms with Gasteiger partial charge in [-0.05, 0) is 31.9 Å². The van der Waals surface area contributed by atoms with Gasteiger partial charge in [0.05, 0.1) is 19.3 Å². The zero-order valence-electron chi connectivity index (χ0n) is 20.2. The Morgan fingerprint density at radius 2 is 1.64 bits per heavy atom. The molecule has 0 spiro atoms. The van der Waals surface area contributed by atoms with Crippen LogP contribution in [0.5, 0.6) is 0 Å². The number of halogens is 1. The smallest absolute Gasteiger partial charge is 0.328 e. The Bertz CT molecular complexity index is 1030. The van der Waals surface area contributed by atoms with Gasteiger partial charge in [-0.15, -0.1) is 0 Å². The molecule has 1 aromatic carbocycles. The Balaban J connectivity index is 0.000000697. The standard InChI is InChI=1S/C20H27ClN2O5.C4H4O4/c1-4-20(18(26)27)15(11-28-10-9-22)23-12(2)19(3,17(24)25)16(20)13-7-5-6-8-14(13)21;5-3(6)1-2-4(7)8/h5-8,15-16H,4,9-11,22H2,1-3H3,(H,24,25)(H,26,27);1-2H,(H,5,6)(H,7,8)/b;2-1+. The van der Waals surface area contributed by atoms with Gasteiger partial charge < -0.3 is 30.9 Å². The fraction of sp³-hybridized carbons (Fsp3) is 0.458. The first kappa shape index (κ1) is 30.8. The molecule has 4 atom stereocenters. The molecule has 0 radical (unpaired) electrons. The fourth-order valence-corrected chi connectivity index (χ4v) is 4.68. The van der Waals surface area contributed by atoms with Gasteiger partial charge in [0.25, 0.3) is 0 Å². The third-order valence-electron chi connectivity index (χ3n) is 6.34. The summed E-state index contributed by atoms with van der Waals surface area (Å²) in [4.78, 5) is 48.7. The molecule has 0 amide bonds. The minimum absolute atomic E-state index is 0.0331. The number of benzene rings is 1. The zero-order valence-corrected chi connectivity index (χ0v) is 20.9. The monoisotopic (exact) mass is 526 g/mol. The first-order chi connectivity index (χ1) is 16.8. The molecule has 198 valence electrons. The van der Waals surface area contributed by atoms with Crippen LogP contribution in [0.4, 0.5) is 0 Å². The number of hydrogen-bond acceptors (Lipinski definition) is 7. The van der Waals surface area contributed by atoms with Crippen LogP contribution >= 0.6 is 11.6 Å². The summed E-state index contributed by atoms with van der Waals surface area (Å²) in [6.07, 6.45) is 1.28. The number of carboxylic acids is 4. The van der Waals surface area contributed by atoms with E-state index in [0.717, 1.165) is 0 Å². The van der Waals surface area contributed by atoms with Crippen molar-refractivity contribution < 1.29 is 44.3 Å². The average molecular weight is 527 g/mol. The van der Waals surface area contributed by atoms with Crippen molar-refractivity contribution in [2.45, 2.75) is 39.2 Å². The molecule has 0 aliphatic carbocycles. The van der Waals surface area contributed by atoms with Crippen molar-refractivity contribution in [2.75, 3.05) is 19.8 Å².